The quantitative estimate of drug-likeness (QED) is 0.797. The van der Waals surface area contributed by atoms with Gasteiger partial charge in [0.15, 0.2) is 0 Å². The van der Waals surface area contributed by atoms with Crippen LogP contribution in [0.5, 0.6) is 0 Å². The summed E-state index contributed by atoms with van der Waals surface area (Å²) < 4.78 is 5.24. The average molecular weight is 310 g/mol. The van der Waals surface area contributed by atoms with E-state index in [0.717, 1.165) is 12.0 Å². The van der Waals surface area contributed by atoms with Crippen LogP contribution in [0.2, 0.25) is 0 Å². The summed E-state index contributed by atoms with van der Waals surface area (Å²) in [4.78, 5) is 26.0. The molecular formula is C17H30N2O3. The van der Waals surface area contributed by atoms with Gasteiger partial charge in [-0.25, -0.2) is 4.79 Å². The Labute approximate surface area is 134 Å². The summed E-state index contributed by atoms with van der Waals surface area (Å²) in [6.45, 7) is 14.7. The Bertz CT molecular complexity index is 456. The monoisotopic (exact) mass is 310 g/mol. The van der Waals surface area contributed by atoms with Crippen LogP contribution in [0.25, 0.3) is 0 Å². The Morgan fingerprint density at radius 1 is 1.18 bits per heavy atom. The van der Waals surface area contributed by atoms with Gasteiger partial charge in [-0.1, -0.05) is 26.8 Å². The Morgan fingerprint density at radius 3 is 2.27 bits per heavy atom. The lowest BCUT2D eigenvalue weighted by Crippen LogP contribution is -2.41. The third-order valence-corrected chi connectivity index (χ3v) is 3.18. The fourth-order valence-corrected chi connectivity index (χ4v) is 2.50. The molecule has 2 amide bonds. The molecule has 1 saturated heterocycles. The Hall–Kier alpha value is -1.52. The topological polar surface area (TPSA) is 58.6 Å². The lowest BCUT2D eigenvalue weighted by atomic mass is 9.93. The van der Waals surface area contributed by atoms with Gasteiger partial charge in [-0.15, -0.1) is 0 Å². The molecule has 1 atom stereocenters. The first-order valence-electron chi connectivity index (χ1n) is 7.86. The highest BCUT2D eigenvalue weighted by Gasteiger charge is 2.29. The van der Waals surface area contributed by atoms with Crippen LogP contribution in [0, 0.1) is 5.41 Å². The first-order valence-corrected chi connectivity index (χ1v) is 7.86. The van der Waals surface area contributed by atoms with Crippen LogP contribution in [-0.4, -0.2) is 41.6 Å². The number of allylic oxidation sites excluding steroid dienone is 1. The van der Waals surface area contributed by atoms with Gasteiger partial charge in [-0.2, -0.15) is 0 Å². The number of ether oxygens (including phenoxy) is 1. The van der Waals surface area contributed by atoms with Crippen LogP contribution in [0.4, 0.5) is 4.79 Å². The van der Waals surface area contributed by atoms with Gasteiger partial charge in [0.05, 0.1) is 6.04 Å². The molecule has 1 rings (SSSR count). The second-order valence-corrected chi connectivity index (χ2v) is 8.08. The van der Waals surface area contributed by atoms with E-state index in [-0.39, 0.29) is 17.4 Å². The van der Waals surface area contributed by atoms with Gasteiger partial charge in [0.25, 0.3) is 0 Å². The molecule has 1 N–H and O–H groups in total. The zero-order valence-corrected chi connectivity index (χ0v) is 14.9. The maximum atomic E-state index is 12.4. The summed E-state index contributed by atoms with van der Waals surface area (Å²) in [6, 6.07) is -0.0405. The normalized spacial score (nSPS) is 20.0. The lowest BCUT2D eigenvalue weighted by molar-refractivity contribution is -0.126. The molecule has 1 aliphatic rings. The maximum absolute atomic E-state index is 12.4. The van der Waals surface area contributed by atoms with Crippen molar-refractivity contribution in [1.29, 1.82) is 0 Å². The summed E-state index contributed by atoms with van der Waals surface area (Å²) >= 11 is 0. The van der Waals surface area contributed by atoms with E-state index in [0.29, 0.717) is 13.1 Å². The van der Waals surface area contributed by atoms with Crippen molar-refractivity contribution in [1.82, 2.24) is 10.2 Å². The summed E-state index contributed by atoms with van der Waals surface area (Å²) in [6.07, 6.45) is 2.33. The van der Waals surface area contributed by atoms with E-state index in [9.17, 15) is 9.59 Å². The van der Waals surface area contributed by atoms with Gasteiger partial charge >= 0.3 is 6.09 Å². The van der Waals surface area contributed by atoms with Crippen molar-refractivity contribution in [3.63, 3.8) is 0 Å². The number of hydrogen-bond donors (Lipinski definition) is 1. The van der Waals surface area contributed by atoms with Crippen molar-refractivity contribution in [2.45, 2.75) is 66.5 Å². The molecule has 0 aliphatic carbocycles. The number of nitrogens with zero attached hydrogens (tertiary/aromatic N) is 1. The van der Waals surface area contributed by atoms with E-state index in [1.54, 1.807) is 4.90 Å². The third kappa shape index (κ3) is 6.50. The summed E-state index contributed by atoms with van der Waals surface area (Å²) in [5, 5.41) is 2.83. The van der Waals surface area contributed by atoms with Gasteiger partial charge in [0.2, 0.25) is 5.91 Å². The maximum Gasteiger partial charge on any atom is 0.407 e. The van der Waals surface area contributed by atoms with Crippen LogP contribution < -0.4 is 5.32 Å². The number of amides is 2. The second kappa shape index (κ2) is 6.71. The average Bonchev–Trinajstić information content (AvgIpc) is 2.71. The SMILES string of the molecule is C/C(=C\C(C)(C)C)C(=O)N1CC[C@@H](NC(=O)OC(C)(C)C)C1. The summed E-state index contributed by atoms with van der Waals surface area (Å²) in [7, 11) is 0. The predicted molar refractivity (Wildman–Crippen MR) is 87.6 cm³/mol. The molecule has 1 heterocycles. The van der Waals surface area contributed by atoms with Crippen LogP contribution in [0.15, 0.2) is 11.6 Å². The van der Waals surface area contributed by atoms with Gasteiger partial charge in [-0.3, -0.25) is 4.79 Å². The molecular weight excluding hydrogens is 280 g/mol. The minimum Gasteiger partial charge on any atom is -0.444 e. The highest BCUT2D eigenvalue weighted by atomic mass is 16.6. The lowest BCUT2D eigenvalue weighted by Gasteiger charge is -2.22. The van der Waals surface area contributed by atoms with E-state index >= 15 is 0 Å². The van der Waals surface area contributed by atoms with Crippen LogP contribution in [-0.2, 0) is 9.53 Å². The molecule has 22 heavy (non-hydrogen) atoms. The molecule has 0 unspecified atom stereocenters. The smallest absolute Gasteiger partial charge is 0.407 e. The van der Waals surface area contributed by atoms with E-state index in [1.807, 2.05) is 33.8 Å². The fraction of sp³-hybridized carbons (Fsp3) is 0.765. The number of hydrogen-bond acceptors (Lipinski definition) is 3. The van der Waals surface area contributed by atoms with Crippen LogP contribution in [0.1, 0.15) is 54.9 Å². The molecule has 5 heteroatoms. The zero-order valence-electron chi connectivity index (χ0n) is 14.9. The molecule has 0 bridgehead atoms. The third-order valence-electron chi connectivity index (χ3n) is 3.18. The first-order chi connectivity index (χ1) is 9.87. The predicted octanol–water partition coefficient (Wildman–Crippen LogP) is 3.10. The molecule has 0 saturated carbocycles. The largest absolute Gasteiger partial charge is 0.444 e. The number of carbonyl (C=O) groups is 2. The van der Waals surface area contributed by atoms with Crippen molar-refractivity contribution >= 4 is 12.0 Å². The standard InChI is InChI=1S/C17H30N2O3/c1-12(10-16(2,3)4)14(20)19-9-8-13(11-19)18-15(21)22-17(5,6)7/h10,13H,8-9,11H2,1-7H3,(H,18,21)/b12-10+/t13-/m1/s1. The van der Waals surface area contributed by atoms with E-state index in [1.165, 1.54) is 0 Å². The molecule has 0 spiro atoms. The van der Waals surface area contributed by atoms with Crippen LogP contribution in [0.3, 0.4) is 0 Å². The van der Waals surface area contributed by atoms with Crippen molar-refractivity contribution in [2.75, 3.05) is 13.1 Å². The molecule has 0 radical (unpaired) electrons. The Morgan fingerprint density at radius 2 is 1.77 bits per heavy atom. The van der Waals surface area contributed by atoms with Gasteiger partial charge in [0, 0.05) is 18.7 Å². The van der Waals surface area contributed by atoms with Crippen molar-refractivity contribution in [2.24, 2.45) is 5.41 Å². The highest BCUT2D eigenvalue weighted by molar-refractivity contribution is 5.93. The fourth-order valence-electron chi connectivity index (χ4n) is 2.50. The number of carbonyl (C=O) groups excluding carboxylic acids is 2. The Kier molecular flexibility index (Phi) is 5.65. The Balaban J connectivity index is 2.54. The molecule has 0 aromatic rings. The number of alkyl carbamates (subject to hydrolysis) is 1. The number of rotatable bonds is 2. The molecule has 5 nitrogen and oxygen atoms in total. The molecule has 1 aliphatic heterocycles. The number of nitrogens with one attached hydrogen (secondary N) is 1. The first kappa shape index (κ1) is 18.5. The highest BCUT2D eigenvalue weighted by Crippen LogP contribution is 2.20. The molecule has 0 aromatic heterocycles. The van der Waals surface area contributed by atoms with Crippen LogP contribution >= 0.6 is 0 Å². The number of likely N-dealkylation sites (tertiary alicyclic amines) is 1. The van der Waals surface area contributed by atoms with Crippen molar-refractivity contribution in [3.8, 4) is 0 Å². The molecule has 0 aromatic carbocycles. The van der Waals surface area contributed by atoms with E-state index in [2.05, 4.69) is 26.1 Å². The van der Waals surface area contributed by atoms with Crippen molar-refractivity contribution < 1.29 is 14.3 Å². The van der Waals surface area contributed by atoms with Gasteiger partial charge in [0.1, 0.15) is 5.60 Å². The zero-order chi connectivity index (χ0) is 17.1. The van der Waals surface area contributed by atoms with Gasteiger partial charge in [-0.05, 0) is 39.5 Å². The molecule has 126 valence electrons. The summed E-state index contributed by atoms with van der Waals surface area (Å²) in [5.41, 5.74) is 0.225. The van der Waals surface area contributed by atoms with Crippen molar-refractivity contribution in [3.05, 3.63) is 11.6 Å². The summed E-state index contributed by atoms with van der Waals surface area (Å²) in [5.74, 6) is 0.0448. The minimum absolute atomic E-state index is 0.0202. The minimum atomic E-state index is -0.510. The van der Waals surface area contributed by atoms with E-state index < -0.39 is 11.7 Å². The second-order valence-electron chi connectivity index (χ2n) is 8.08. The molecule has 1 fully saturated rings. The van der Waals surface area contributed by atoms with Gasteiger partial charge < -0.3 is 15.0 Å². The van der Waals surface area contributed by atoms with E-state index in [4.69, 9.17) is 4.74 Å².